The Morgan fingerprint density at radius 2 is 1.55 bits per heavy atom. The summed E-state index contributed by atoms with van der Waals surface area (Å²) in [6.45, 7) is 12.7. The molecule has 15 nitrogen and oxygen atoms in total. The van der Waals surface area contributed by atoms with Crippen molar-refractivity contribution in [3.05, 3.63) is 65.9 Å². The van der Waals surface area contributed by atoms with Crippen LogP contribution in [-0.2, 0) is 25.7 Å². The maximum Gasteiger partial charge on any atom is 0.407 e. The molecule has 3 aromatic carbocycles. The first-order valence-electron chi connectivity index (χ1n) is 20.9. The number of alkyl carbamates (subject to hydrolysis) is 2. The molecule has 3 aliphatic rings. The van der Waals surface area contributed by atoms with Crippen LogP contribution < -0.4 is 15.4 Å². The minimum atomic E-state index is -0.726. The van der Waals surface area contributed by atoms with Crippen LogP contribution in [0.4, 0.5) is 9.59 Å². The van der Waals surface area contributed by atoms with E-state index in [4.69, 9.17) is 24.2 Å². The summed E-state index contributed by atoms with van der Waals surface area (Å²) in [6, 6.07) is 12.6. The van der Waals surface area contributed by atoms with Crippen LogP contribution in [0.2, 0.25) is 0 Å². The van der Waals surface area contributed by atoms with Gasteiger partial charge in [0.2, 0.25) is 11.8 Å². The summed E-state index contributed by atoms with van der Waals surface area (Å²) < 4.78 is 16.1. The Morgan fingerprint density at radius 1 is 0.833 bits per heavy atom. The number of nitrogens with zero attached hydrogens (tertiary/aromatic N) is 4. The van der Waals surface area contributed by atoms with Crippen LogP contribution >= 0.6 is 0 Å². The smallest absolute Gasteiger partial charge is 0.407 e. The molecule has 4 amide bonds. The Kier molecular flexibility index (Phi) is 10.9. The highest BCUT2D eigenvalue weighted by Crippen LogP contribution is 2.44. The Balaban J connectivity index is 1.05. The maximum absolute atomic E-state index is 14.0. The van der Waals surface area contributed by atoms with Crippen LogP contribution in [0.5, 0.6) is 5.75 Å². The van der Waals surface area contributed by atoms with E-state index in [1.54, 1.807) is 0 Å². The molecule has 60 heavy (non-hydrogen) atoms. The minimum absolute atomic E-state index is 0.0255. The van der Waals surface area contributed by atoms with Crippen LogP contribution in [0.1, 0.15) is 90.1 Å². The van der Waals surface area contributed by atoms with Crippen molar-refractivity contribution in [2.75, 3.05) is 20.8 Å². The number of amides is 4. The van der Waals surface area contributed by atoms with Gasteiger partial charge in [-0.25, -0.2) is 19.6 Å². The zero-order valence-electron chi connectivity index (χ0n) is 35.4. The van der Waals surface area contributed by atoms with E-state index in [0.717, 1.165) is 74.8 Å². The average Bonchev–Trinajstić information content (AvgIpc) is 4.05. The van der Waals surface area contributed by atoms with E-state index >= 15 is 0 Å². The number of fused-ring (bicyclic) bond motifs is 6. The average molecular weight is 819 g/mol. The number of hydrogen-bond acceptors (Lipinski definition) is 9. The fourth-order valence-corrected chi connectivity index (χ4v) is 9.20. The lowest BCUT2D eigenvalue weighted by molar-refractivity contribution is -0.137. The third kappa shape index (κ3) is 7.38. The van der Waals surface area contributed by atoms with Crippen molar-refractivity contribution in [3.63, 3.8) is 0 Å². The van der Waals surface area contributed by atoms with Crippen LogP contribution in [0.15, 0.2) is 48.7 Å². The van der Waals surface area contributed by atoms with E-state index in [-0.39, 0.29) is 47.7 Å². The van der Waals surface area contributed by atoms with Crippen molar-refractivity contribution in [1.82, 2.24) is 40.4 Å². The number of carbonyl (C=O) groups is 4. The fourth-order valence-electron chi connectivity index (χ4n) is 9.20. The third-order valence-corrected chi connectivity index (χ3v) is 12.4. The number of aromatic nitrogens is 4. The SMILES string of the molecule is COC(=O)NC(C(=O)N1C[C@@H](C)C[C@H]1c1ncc(-c2ccc3c(c2)COc2cc4c(ccc5nc([C@@H]6CC[C@H](C)N6C(=O)C(NC(=O)OC)C(C)C)[nH]c54)cc2-3)[nH]1)C(C)C. The second-order valence-corrected chi connectivity index (χ2v) is 17.2. The molecule has 8 rings (SSSR count). The summed E-state index contributed by atoms with van der Waals surface area (Å²) in [4.78, 5) is 72.5. The second kappa shape index (κ2) is 16.1. The Hall–Kier alpha value is -6.12. The minimum Gasteiger partial charge on any atom is -0.488 e. The lowest BCUT2D eigenvalue weighted by Gasteiger charge is -2.32. The summed E-state index contributed by atoms with van der Waals surface area (Å²) in [5.41, 5.74) is 6.59. The Bertz CT molecular complexity index is 2470. The normalized spacial score (nSPS) is 20.8. The predicted molar refractivity (Wildman–Crippen MR) is 226 cm³/mol. The number of benzene rings is 3. The quantitative estimate of drug-likeness (QED) is 0.118. The van der Waals surface area contributed by atoms with Gasteiger partial charge in [-0.2, -0.15) is 0 Å². The first-order chi connectivity index (χ1) is 28.8. The van der Waals surface area contributed by atoms with Crippen LogP contribution in [0.3, 0.4) is 0 Å². The van der Waals surface area contributed by atoms with Gasteiger partial charge < -0.3 is 44.6 Å². The van der Waals surface area contributed by atoms with Crippen molar-refractivity contribution >= 4 is 45.8 Å². The summed E-state index contributed by atoms with van der Waals surface area (Å²) >= 11 is 0. The number of rotatable bonds is 9. The van der Waals surface area contributed by atoms with Crippen molar-refractivity contribution in [2.24, 2.45) is 17.8 Å². The van der Waals surface area contributed by atoms with Crippen LogP contribution in [0.25, 0.3) is 44.2 Å². The molecule has 316 valence electrons. The molecule has 0 radical (unpaired) electrons. The molecular formula is C45H54N8O7. The van der Waals surface area contributed by atoms with Gasteiger partial charge in [0.1, 0.15) is 36.1 Å². The van der Waals surface area contributed by atoms with E-state index in [9.17, 15) is 19.2 Å². The van der Waals surface area contributed by atoms with Gasteiger partial charge in [-0.3, -0.25) is 9.59 Å². The van der Waals surface area contributed by atoms with Gasteiger partial charge in [0, 0.05) is 23.5 Å². The zero-order chi connectivity index (χ0) is 42.6. The molecule has 5 aromatic rings. The number of nitrogens with one attached hydrogen (secondary N) is 4. The molecule has 4 N–H and O–H groups in total. The van der Waals surface area contributed by atoms with Gasteiger partial charge >= 0.3 is 12.2 Å². The lowest BCUT2D eigenvalue weighted by Crippen LogP contribution is -2.52. The summed E-state index contributed by atoms with van der Waals surface area (Å²) in [5.74, 6) is 1.90. The Morgan fingerprint density at radius 3 is 2.25 bits per heavy atom. The molecule has 2 aromatic heterocycles. The molecule has 0 bridgehead atoms. The standard InChI is InChI=1S/C45H54N8O7/c1-22(2)37(50-44(56)58-7)42(54)52-20-24(5)15-35(52)40-46-19-33(48-40)27-10-12-29-28(16-27)21-60-36-18-30-26(17-31(29)36)11-13-32-39(30)49-41(47-32)34-14-9-25(6)53(34)43(55)38(23(3)4)51-45(57)59-8/h10-13,16-19,22-25,34-35,37-38H,9,14-15,20-21H2,1-8H3,(H,46,48)(H,47,49)(H,50,56)(H,51,57)/t24-,25-,34-,35-,37?,38?/m0/s1. The molecule has 0 saturated carbocycles. The molecule has 0 spiro atoms. The first kappa shape index (κ1) is 40.7. The van der Waals surface area contributed by atoms with Crippen LogP contribution in [-0.4, -0.2) is 92.6 Å². The monoisotopic (exact) mass is 818 g/mol. The highest BCUT2D eigenvalue weighted by atomic mass is 16.5. The summed E-state index contributed by atoms with van der Waals surface area (Å²) in [6.07, 6.45) is 2.87. The molecule has 0 aliphatic carbocycles. The van der Waals surface area contributed by atoms with E-state index in [1.807, 2.05) is 56.7 Å². The van der Waals surface area contributed by atoms with Crippen molar-refractivity contribution < 1.29 is 33.4 Å². The van der Waals surface area contributed by atoms with Crippen molar-refractivity contribution in [1.29, 1.82) is 0 Å². The third-order valence-electron chi connectivity index (χ3n) is 12.4. The number of aromatic amines is 2. The number of H-pyrrole nitrogens is 2. The van der Waals surface area contributed by atoms with Gasteiger partial charge in [-0.1, -0.05) is 52.8 Å². The summed E-state index contributed by atoms with van der Waals surface area (Å²) in [5, 5.41) is 7.45. The highest BCUT2D eigenvalue weighted by Gasteiger charge is 2.42. The van der Waals surface area contributed by atoms with E-state index in [1.165, 1.54) is 14.2 Å². The second-order valence-electron chi connectivity index (χ2n) is 17.2. The van der Waals surface area contributed by atoms with Gasteiger partial charge in [-0.05, 0) is 90.3 Å². The number of ether oxygens (including phenoxy) is 3. The van der Waals surface area contributed by atoms with Gasteiger partial charge in [0.05, 0.1) is 49.2 Å². The van der Waals surface area contributed by atoms with Crippen molar-refractivity contribution in [2.45, 2.75) is 97.6 Å². The predicted octanol–water partition coefficient (Wildman–Crippen LogP) is 7.39. The number of hydrogen-bond donors (Lipinski definition) is 4. The van der Waals surface area contributed by atoms with Gasteiger partial charge in [-0.15, -0.1) is 0 Å². The molecular weight excluding hydrogens is 765 g/mol. The van der Waals surface area contributed by atoms with E-state index in [0.29, 0.717) is 24.8 Å². The number of likely N-dealkylation sites (tertiary alicyclic amines) is 2. The molecule has 2 saturated heterocycles. The number of imidazole rings is 2. The molecule has 6 atom stereocenters. The fraction of sp³-hybridized carbons (Fsp3) is 0.467. The maximum atomic E-state index is 14.0. The van der Waals surface area contributed by atoms with E-state index < -0.39 is 24.3 Å². The Labute approximate surface area is 348 Å². The number of methoxy groups -OCH3 is 2. The summed E-state index contributed by atoms with van der Waals surface area (Å²) in [7, 11) is 2.59. The highest BCUT2D eigenvalue weighted by molar-refractivity contribution is 6.07. The van der Waals surface area contributed by atoms with E-state index in [2.05, 4.69) is 63.9 Å². The largest absolute Gasteiger partial charge is 0.488 e. The zero-order valence-corrected chi connectivity index (χ0v) is 35.4. The van der Waals surface area contributed by atoms with Crippen molar-refractivity contribution in [3.8, 4) is 28.1 Å². The van der Waals surface area contributed by atoms with Gasteiger partial charge in [0.25, 0.3) is 0 Å². The molecule has 5 heterocycles. The van der Waals surface area contributed by atoms with Crippen LogP contribution in [0, 0.1) is 17.8 Å². The number of carbonyl (C=O) groups excluding carboxylic acids is 4. The lowest BCUT2D eigenvalue weighted by atomic mass is 9.92. The molecule has 3 aliphatic heterocycles. The topological polar surface area (TPSA) is 184 Å². The first-order valence-corrected chi connectivity index (χ1v) is 20.9. The molecule has 2 fully saturated rings. The molecule has 15 heteroatoms. The molecule has 2 unspecified atom stereocenters. The van der Waals surface area contributed by atoms with Gasteiger partial charge in [0.15, 0.2) is 0 Å².